The van der Waals surface area contributed by atoms with Gasteiger partial charge in [0.15, 0.2) is 4.34 Å². The van der Waals surface area contributed by atoms with Crippen LogP contribution in [0.1, 0.15) is 6.92 Å². The van der Waals surface area contributed by atoms with E-state index in [2.05, 4.69) is 17.1 Å². The van der Waals surface area contributed by atoms with Crippen LogP contribution in [0.5, 0.6) is 0 Å². The molecule has 0 aliphatic carbocycles. The molecule has 1 aromatic heterocycles. The Balaban J connectivity index is 2.40. The number of rotatable bonds is 3. The van der Waals surface area contributed by atoms with E-state index in [1.807, 2.05) is 0 Å². The third kappa shape index (κ3) is 2.44. The van der Waals surface area contributed by atoms with Crippen molar-refractivity contribution < 1.29 is 0 Å². The smallest absolute Gasteiger partial charge is 0.146 e. The maximum atomic E-state index is 5.60. The lowest BCUT2D eigenvalue weighted by atomic mass is 10.6. The molecule has 5 heteroatoms. The van der Waals surface area contributed by atoms with E-state index in [0.29, 0.717) is 11.1 Å². The summed E-state index contributed by atoms with van der Waals surface area (Å²) in [5, 5.41) is 8.02. The first kappa shape index (κ1) is 8.30. The largest absolute Gasteiger partial charge is 0.174 e. The lowest BCUT2D eigenvalue weighted by Gasteiger charge is -2.00. The molecule has 0 fully saturated rings. The van der Waals surface area contributed by atoms with Crippen molar-refractivity contribution in [2.75, 3.05) is 5.88 Å². The average molecular weight is 195 g/mol. The molecule has 0 spiro atoms. The van der Waals surface area contributed by atoms with E-state index < -0.39 is 0 Å². The van der Waals surface area contributed by atoms with Crippen molar-refractivity contribution in [1.82, 2.24) is 10.2 Å². The molecule has 0 N–H and O–H groups in total. The number of thioether (sulfide) groups is 1. The Bertz CT molecular complexity index is 178. The second kappa shape index (κ2) is 4.16. The zero-order valence-corrected chi connectivity index (χ0v) is 7.84. The van der Waals surface area contributed by atoms with Crippen molar-refractivity contribution in [3.8, 4) is 0 Å². The normalized spacial score (nSPS) is 13.4. The molecule has 1 rings (SSSR count). The van der Waals surface area contributed by atoms with Crippen molar-refractivity contribution in [2.45, 2.75) is 16.5 Å². The number of nitrogens with zero attached hydrogens (tertiary/aromatic N) is 2. The molecule has 0 aliphatic heterocycles. The van der Waals surface area contributed by atoms with Crippen molar-refractivity contribution in [3.05, 3.63) is 5.51 Å². The van der Waals surface area contributed by atoms with Gasteiger partial charge in [-0.2, -0.15) is 0 Å². The topological polar surface area (TPSA) is 25.8 Å². The Labute approximate surface area is 73.0 Å². The van der Waals surface area contributed by atoms with E-state index in [4.69, 9.17) is 11.6 Å². The molecule has 2 nitrogen and oxygen atoms in total. The summed E-state index contributed by atoms with van der Waals surface area (Å²) in [4.78, 5) is 0. The van der Waals surface area contributed by atoms with E-state index >= 15 is 0 Å². The van der Waals surface area contributed by atoms with Gasteiger partial charge in [0.1, 0.15) is 5.51 Å². The highest BCUT2D eigenvalue weighted by molar-refractivity contribution is 8.01. The summed E-state index contributed by atoms with van der Waals surface area (Å²) >= 11 is 8.82. The van der Waals surface area contributed by atoms with Crippen LogP contribution in [0.15, 0.2) is 9.85 Å². The van der Waals surface area contributed by atoms with Crippen LogP contribution in [-0.2, 0) is 0 Å². The first-order valence-electron chi connectivity index (χ1n) is 2.81. The van der Waals surface area contributed by atoms with Crippen molar-refractivity contribution in [1.29, 1.82) is 0 Å². The van der Waals surface area contributed by atoms with Gasteiger partial charge < -0.3 is 0 Å². The Hall–Kier alpha value is 0.200. The monoisotopic (exact) mass is 194 g/mol. The zero-order chi connectivity index (χ0) is 7.40. The zero-order valence-electron chi connectivity index (χ0n) is 5.45. The molecular formula is C5H7ClN2S2. The van der Waals surface area contributed by atoms with Crippen LogP contribution in [0.3, 0.4) is 0 Å². The summed E-state index contributed by atoms with van der Waals surface area (Å²) in [6.45, 7) is 2.07. The lowest BCUT2D eigenvalue weighted by Crippen LogP contribution is -1.95. The minimum absolute atomic E-state index is 0.426. The van der Waals surface area contributed by atoms with E-state index in [-0.39, 0.29) is 0 Å². The number of halogens is 1. The van der Waals surface area contributed by atoms with E-state index in [1.165, 1.54) is 0 Å². The van der Waals surface area contributed by atoms with Crippen molar-refractivity contribution >= 4 is 34.7 Å². The maximum Gasteiger partial charge on any atom is 0.174 e. The number of alkyl halides is 1. The van der Waals surface area contributed by atoms with Gasteiger partial charge in [0.05, 0.1) is 0 Å². The summed E-state index contributed by atoms with van der Waals surface area (Å²) in [5.41, 5.74) is 1.73. The molecule has 0 aromatic carbocycles. The Morgan fingerprint density at radius 2 is 2.70 bits per heavy atom. The second-order valence-electron chi connectivity index (χ2n) is 1.79. The fraction of sp³-hybridized carbons (Fsp3) is 0.600. The summed E-state index contributed by atoms with van der Waals surface area (Å²) < 4.78 is 0.994. The second-order valence-corrected chi connectivity index (χ2v) is 4.61. The highest BCUT2D eigenvalue weighted by Gasteiger charge is 2.04. The fourth-order valence-corrected chi connectivity index (χ4v) is 2.23. The van der Waals surface area contributed by atoms with Crippen molar-refractivity contribution in [2.24, 2.45) is 0 Å². The van der Waals surface area contributed by atoms with E-state index in [0.717, 1.165) is 4.34 Å². The molecule has 0 amide bonds. The predicted molar refractivity (Wildman–Crippen MR) is 45.9 cm³/mol. The first-order valence-corrected chi connectivity index (χ1v) is 5.11. The van der Waals surface area contributed by atoms with Crippen LogP contribution in [0.25, 0.3) is 0 Å². The van der Waals surface area contributed by atoms with Gasteiger partial charge in [-0.1, -0.05) is 30.0 Å². The molecule has 1 heterocycles. The van der Waals surface area contributed by atoms with Gasteiger partial charge in [-0.15, -0.1) is 21.8 Å². The molecule has 0 aliphatic rings. The summed E-state index contributed by atoms with van der Waals surface area (Å²) in [7, 11) is 0. The number of aromatic nitrogens is 2. The minimum atomic E-state index is 0.426. The van der Waals surface area contributed by atoms with Crippen LogP contribution in [0.4, 0.5) is 0 Å². The maximum absolute atomic E-state index is 5.60. The molecule has 0 saturated carbocycles. The lowest BCUT2D eigenvalue weighted by molar-refractivity contribution is 1.00. The van der Waals surface area contributed by atoms with Crippen LogP contribution in [0, 0.1) is 0 Å². The van der Waals surface area contributed by atoms with Crippen LogP contribution >= 0.6 is 34.7 Å². The molecule has 10 heavy (non-hydrogen) atoms. The van der Waals surface area contributed by atoms with Crippen LogP contribution in [-0.4, -0.2) is 21.3 Å². The highest BCUT2D eigenvalue weighted by Crippen LogP contribution is 2.24. The van der Waals surface area contributed by atoms with Crippen LogP contribution < -0.4 is 0 Å². The molecule has 1 atom stereocenters. The van der Waals surface area contributed by atoms with Gasteiger partial charge in [-0.05, 0) is 0 Å². The van der Waals surface area contributed by atoms with E-state index in [9.17, 15) is 0 Å². The SMILES string of the molecule is CC(CCl)Sc1nncs1. The predicted octanol–water partition coefficient (Wildman–Crippen LogP) is 2.26. The molecule has 0 bridgehead atoms. The van der Waals surface area contributed by atoms with Gasteiger partial charge in [-0.3, -0.25) is 0 Å². The van der Waals surface area contributed by atoms with Gasteiger partial charge in [0.25, 0.3) is 0 Å². The number of hydrogen-bond donors (Lipinski definition) is 0. The molecule has 0 saturated heterocycles. The summed E-state index contributed by atoms with van der Waals surface area (Å²) in [5.74, 6) is 0.657. The molecule has 0 radical (unpaired) electrons. The Kier molecular flexibility index (Phi) is 3.45. The Morgan fingerprint density at radius 1 is 1.90 bits per heavy atom. The van der Waals surface area contributed by atoms with Gasteiger partial charge in [0, 0.05) is 11.1 Å². The quantitative estimate of drug-likeness (QED) is 0.546. The Morgan fingerprint density at radius 3 is 3.20 bits per heavy atom. The third-order valence-corrected chi connectivity index (χ3v) is 3.42. The molecule has 1 aromatic rings. The van der Waals surface area contributed by atoms with Gasteiger partial charge in [-0.25, -0.2) is 0 Å². The standard InChI is InChI=1S/C5H7ClN2S2/c1-4(2-6)10-5-8-7-3-9-5/h3-4H,2H2,1H3. The van der Waals surface area contributed by atoms with Gasteiger partial charge in [0.2, 0.25) is 0 Å². The minimum Gasteiger partial charge on any atom is -0.146 e. The average Bonchev–Trinajstić information content (AvgIpc) is 2.40. The molecule has 56 valence electrons. The van der Waals surface area contributed by atoms with E-state index in [1.54, 1.807) is 28.6 Å². The third-order valence-electron chi connectivity index (χ3n) is 0.859. The summed E-state index contributed by atoms with van der Waals surface area (Å²) in [6.07, 6.45) is 0. The van der Waals surface area contributed by atoms with Crippen molar-refractivity contribution in [3.63, 3.8) is 0 Å². The molecular weight excluding hydrogens is 188 g/mol. The first-order chi connectivity index (χ1) is 4.83. The summed E-state index contributed by atoms with van der Waals surface area (Å²) in [6, 6.07) is 0. The fourth-order valence-electron chi connectivity index (χ4n) is 0.418. The highest BCUT2D eigenvalue weighted by atomic mass is 35.5. The van der Waals surface area contributed by atoms with Gasteiger partial charge >= 0.3 is 0 Å². The van der Waals surface area contributed by atoms with Crippen LogP contribution in [0.2, 0.25) is 0 Å². The number of hydrogen-bond acceptors (Lipinski definition) is 4. The molecule has 1 unspecified atom stereocenters.